The number of hydrogen-bond acceptors (Lipinski definition) is 4. The van der Waals surface area contributed by atoms with Crippen molar-refractivity contribution in [2.24, 2.45) is 5.14 Å². The first-order valence-corrected chi connectivity index (χ1v) is 8.39. The van der Waals surface area contributed by atoms with Crippen molar-refractivity contribution < 1.29 is 17.9 Å². The molecule has 1 aromatic carbocycles. The Hall–Kier alpha value is -1.11. The van der Waals surface area contributed by atoms with Crippen LogP contribution in [0.3, 0.4) is 0 Å². The van der Waals surface area contributed by atoms with Crippen molar-refractivity contribution in [2.45, 2.75) is 43.6 Å². The second-order valence-corrected chi connectivity index (χ2v) is 6.66. The third-order valence-corrected chi connectivity index (χ3v) is 4.34. The Morgan fingerprint density at radius 1 is 1.45 bits per heavy atom. The van der Waals surface area contributed by atoms with Crippen LogP contribution in [0.2, 0.25) is 0 Å². The highest BCUT2D eigenvalue weighted by molar-refractivity contribution is 7.89. The van der Waals surface area contributed by atoms with Crippen molar-refractivity contribution in [1.82, 2.24) is 0 Å². The van der Waals surface area contributed by atoms with Crippen LogP contribution in [0, 0.1) is 6.92 Å². The van der Waals surface area contributed by atoms with Gasteiger partial charge in [-0.3, -0.25) is 0 Å². The third-order valence-electron chi connectivity index (χ3n) is 3.43. The molecule has 2 rings (SSSR count). The molecule has 1 aromatic rings. The van der Waals surface area contributed by atoms with Crippen LogP contribution < -0.4 is 9.88 Å². The molecule has 6 heteroatoms. The van der Waals surface area contributed by atoms with Gasteiger partial charge < -0.3 is 9.47 Å². The Labute approximate surface area is 120 Å². The standard InChI is InChI=1S/C14H21NO4S/c1-11-10-13(20(15,16)17)6-7-14(11)19-9-3-5-12-4-2-8-18-12/h6-7,10,12H,2-5,8-9H2,1H3,(H2,15,16,17). The van der Waals surface area contributed by atoms with E-state index in [2.05, 4.69) is 0 Å². The smallest absolute Gasteiger partial charge is 0.238 e. The summed E-state index contributed by atoms with van der Waals surface area (Å²) in [5, 5.41) is 5.08. The Morgan fingerprint density at radius 2 is 2.25 bits per heavy atom. The number of aryl methyl sites for hydroxylation is 1. The molecule has 2 N–H and O–H groups in total. The van der Waals surface area contributed by atoms with Crippen molar-refractivity contribution in [1.29, 1.82) is 0 Å². The molecule has 5 nitrogen and oxygen atoms in total. The molecule has 0 saturated carbocycles. The summed E-state index contributed by atoms with van der Waals surface area (Å²) in [4.78, 5) is 0.113. The van der Waals surface area contributed by atoms with Gasteiger partial charge in [-0.1, -0.05) is 0 Å². The summed E-state index contributed by atoms with van der Waals surface area (Å²) < 4.78 is 33.7. The van der Waals surface area contributed by atoms with Crippen LogP contribution in [0.5, 0.6) is 5.75 Å². The van der Waals surface area contributed by atoms with E-state index in [1.165, 1.54) is 12.1 Å². The minimum atomic E-state index is -3.65. The lowest BCUT2D eigenvalue weighted by Gasteiger charge is -2.12. The number of benzene rings is 1. The van der Waals surface area contributed by atoms with Crippen molar-refractivity contribution in [3.05, 3.63) is 23.8 Å². The maximum absolute atomic E-state index is 11.2. The molecule has 20 heavy (non-hydrogen) atoms. The maximum atomic E-state index is 11.2. The first-order chi connectivity index (χ1) is 9.47. The molecule has 0 amide bonds. The highest BCUT2D eigenvalue weighted by Gasteiger charge is 2.15. The van der Waals surface area contributed by atoms with E-state index in [4.69, 9.17) is 14.6 Å². The number of primary sulfonamides is 1. The molecule has 0 spiro atoms. The zero-order chi connectivity index (χ0) is 14.6. The SMILES string of the molecule is Cc1cc(S(N)(=O)=O)ccc1OCCCC1CCCO1. The topological polar surface area (TPSA) is 78.6 Å². The van der Waals surface area contributed by atoms with E-state index < -0.39 is 10.0 Å². The van der Waals surface area contributed by atoms with Crippen LogP contribution >= 0.6 is 0 Å². The summed E-state index contributed by atoms with van der Waals surface area (Å²) in [6.45, 7) is 3.29. The van der Waals surface area contributed by atoms with E-state index in [1.54, 1.807) is 6.07 Å². The molecule has 1 saturated heterocycles. The predicted octanol–water partition coefficient (Wildman–Crippen LogP) is 1.98. The highest BCUT2D eigenvalue weighted by Crippen LogP contribution is 2.22. The molecule has 1 unspecified atom stereocenters. The van der Waals surface area contributed by atoms with E-state index >= 15 is 0 Å². The van der Waals surface area contributed by atoms with E-state index in [0.29, 0.717) is 18.5 Å². The maximum Gasteiger partial charge on any atom is 0.238 e. The molecular formula is C14H21NO4S. The predicted molar refractivity (Wildman–Crippen MR) is 76.3 cm³/mol. The molecule has 0 radical (unpaired) electrons. The molecule has 0 bridgehead atoms. The minimum absolute atomic E-state index is 0.113. The van der Waals surface area contributed by atoms with Gasteiger partial charge in [-0.05, 0) is 56.4 Å². The van der Waals surface area contributed by atoms with Crippen molar-refractivity contribution in [2.75, 3.05) is 13.2 Å². The van der Waals surface area contributed by atoms with Crippen LogP contribution in [-0.4, -0.2) is 27.7 Å². The van der Waals surface area contributed by atoms with Gasteiger partial charge in [0.15, 0.2) is 0 Å². The first-order valence-electron chi connectivity index (χ1n) is 6.84. The number of nitrogens with two attached hydrogens (primary N) is 1. The molecule has 1 aliphatic heterocycles. The molecule has 1 heterocycles. The third kappa shape index (κ3) is 4.19. The summed E-state index contributed by atoms with van der Waals surface area (Å²) in [6.07, 6.45) is 4.61. The van der Waals surface area contributed by atoms with Crippen molar-refractivity contribution in [3.63, 3.8) is 0 Å². The fraction of sp³-hybridized carbons (Fsp3) is 0.571. The molecule has 1 aliphatic rings. The number of ether oxygens (including phenoxy) is 2. The van der Waals surface area contributed by atoms with Gasteiger partial charge in [-0.2, -0.15) is 0 Å². The molecule has 1 atom stereocenters. The van der Waals surface area contributed by atoms with Crippen molar-refractivity contribution in [3.8, 4) is 5.75 Å². The lowest BCUT2D eigenvalue weighted by atomic mass is 10.1. The minimum Gasteiger partial charge on any atom is -0.493 e. The zero-order valence-corrected chi connectivity index (χ0v) is 12.5. The molecular weight excluding hydrogens is 278 g/mol. The second-order valence-electron chi connectivity index (χ2n) is 5.10. The molecule has 0 aromatic heterocycles. The Kier molecular flexibility index (Phi) is 5.01. The summed E-state index contributed by atoms with van der Waals surface area (Å²) >= 11 is 0. The fourth-order valence-electron chi connectivity index (χ4n) is 2.33. The van der Waals surface area contributed by atoms with Crippen LogP contribution in [0.1, 0.15) is 31.2 Å². The fourth-order valence-corrected chi connectivity index (χ4v) is 2.92. The first kappa shape index (κ1) is 15.3. The lowest BCUT2D eigenvalue weighted by molar-refractivity contribution is 0.0981. The highest BCUT2D eigenvalue weighted by atomic mass is 32.2. The van der Waals surface area contributed by atoms with Crippen LogP contribution in [0.15, 0.2) is 23.1 Å². The van der Waals surface area contributed by atoms with Crippen LogP contribution in [-0.2, 0) is 14.8 Å². The normalized spacial score (nSPS) is 19.2. The Balaban J connectivity index is 1.83. The summed E-state index contributed by atoms with van der Waals surface area (Å²) in [7, 11) is -3.65. The molecule has 0 aliphatic carbocycles. The summed E-state index contributed by atoms with van der Waals surface area (Å²) in [6, 6.07) is 4.66. The van der Waals surface area contributed by atoms with Gasteiger partial charge in [0.05, 0.1) is 17.6 Å². The Bertz CT molecular complexity index is 550. The number of rotatable bonds is 6. The van der Waals surface area contributed by atoms with Crippen molar-refractivity contribution >= 4 is 10.0 Å². The molecule has 112 valence electrons. The second kappa shape index (κ2) is 6.56. The van der Waals surface area contributed by atoms with Gasteiger partial charge in [0.25, 0.3) is 0 Å². The van der Waals surface area contributed by atoms with E-state index in [0.717, 1.165) is 37.9 Å². The van der Waals surface area contributed by atoms with Gasteiger partial charge in [0.1, 0.15) is 5.75 Å². The number of sulfonamides is 1. The van der Waals surface area contributed by atoms with Gasteiger partial charge in [-0.15, -0.1) is 0 Å². The average molecular weight is 299 g/mol. The monoisotopic (exact) mass is 299 g/mol. The van der Waals surface area contributed by atoms with Crippen LogP contribution in [0.25, 0.3) is 0 Å². The Morgan fingerprint density at radius 3 is 2.85 bits per heavy atom. The summed E-state index contributed by atoms with van der Waals surface area (Å²) in [5.74, 6) is 0.699. The largest absolute Gasteiger partial charge is 0.493 e. The lowest BCUT2D eigenvalue weighted by Crippen LogP contribution is -2.12. The van der Waals surface area contributed by atoms with E-state index in [1.807, 2.05) is 6.92 Å². The molecule has 1 fully saturated rings. The van der Waals surface area contributed by atoms with Crippen LogP contribution in [0.4, 0.5) is 0 Å². The quantitative estimate of drug-likeness (QED) is 0.815. The van der Waals surface area contributed by atoms with E-state index in [-0.39, 0.29) is 4.90 Å². The van der Waals surface area contributed by atoms with Gasteiger partial charge in [0.2, 0.25) is 10.0 Å². The van der Waals surface area contributed by atoms with Gasteiger partial charge in [-0.25, -0.2) is 13.6 Å². The van der Waals surface area contributed by atoms with E-state index in [9.17, 15) is 8.42 Å². The zero-order valence-electron chi connectivity index (χ0n) is 11.7. The van der Waals surface area contributed by atoms with Gasteiger partial charge in [0, 0.05) is 6.61 Å². The van der Waals surface area contributed by atoms with Gasteiger partial charge >= 0.3 is 0 Å². The summed E-state index contributed by atoms with van der Waals surface area (Å²) in [5.41, 5.74) is 0.772. The number of hydrogen-bond donors (Lipinski definition) is 1. The average Bonchev–Trinajstić information content (AvgIpc) is 2.88.